The fourth-order valence-electron chi connectivity index (χ4n) is 1.37. The van der Waals surface area contributed by atoms with Gasteiger partial charge in [-0.1, -0.05) is 0 Å². The van der Waals surface area contributed by atoms with E-state index in [2.05, 4.69) is 4.98 Å². The molecule has 1 N–H and O–H groups in total. The first-order valence-electron chi connectivity index (χ1n) is 4.66. The Balaban J connectivity index is 2.54. The van der Waals surface area contributed by atoms with Crippen molar-refractivity contribution in [1.82, 2.24) is 4.98 Å². The second kappa shape index (κ2) is 4.18. The van der Waals surface area contributed by atoms with Crippen molar-refractivity contribution in [3.8, 4) is 23.1 Å². The zero-order valence-electron chi connectivity index (χ0n) is 8.48. The van der Waals surface area contributed by atoms with E-state index in [4.69, 9.17) is 10.4 Å². The lowest BCUT2D eigenvalue weighted by Gasteiger charge is -2.03. The number of hydrogen-bond donors (Lipinski definition) is 1. The second-order valence-corrected chi connectivity index (χ2v) is 3.33. The Morgan fingerprint density at radius 2 is 1.94 bits per heavy atom. The molecule has 0 bridgehead atoms. The topological polar surface area (TPSA) is 56.9 Å². The Morgan fingerprint density at radius 3 is 2.53 bits per heavy atom. The Morgan fingerprint density at radius 1 is 1.18 bits per heavy atom. The number of halogens is 2. The van der Waals surface area contributed by atoms with Crippen LogP contribution in [-0.2, 0) is 0 Å². The zero-order chi connectivity index (χ0) is 12.4. The summed E-state index contributed by atoms with van der Waals surface area (Å²) in [6.45, 7) is 0. The lowest BCUT2D eigenvalue weighted by Crippen LogP contribution is -1.91. The molecule has 5 heteroatoms. The number of pyridine rings is 1. The lowest BCUT2D eigenvalue weighted by molar-refractivity contribution is 0.432. The molecule has 1 aromatic carbocycles. The minimum Gasteiger partial charge on any atom is -0.505 e. The van der Waals surface area contributed by atoms with Crippen LogP contribution < -0.4 is 0 Å². The maximum atomic E-state index is 13.6. The number of benzene rings is 1. The van der Waals surface area contributed by atoms with Gasteiger partial charge in [-0.3, -0.25) is 4.98 Å². The number of phenolic OH excluding ortho intramolecular Hbond substituents is 1. The first-order chi connectivity index (χ1) is 8.11. The summed E-state index contributed by atoms with van der Waals surface area (Å²) in [5.41, 5.74) is 0.218. The van der Waals surface area contributed by atoms with Gasteiger partial charge in [0.05, 0.1) is 5.56 Å². The summed E-state index contributed by atoms with van der Waals surface area (Å²) in [4.78, 5) is 3.74. The van der Waals surface area contributed by atoms with E-state index < -0.39 is 17.4 Å². The Hall–Kier alpha value is -2.48. The molecule has 0 amide bonds. The van der Waals surface area contributed by atoms with Gasteiger partial charge in [-0.05, 0) is 24.3 Å². The van der Waals surface area contributed by atoms with E-state index in [0.29, 0.717) is 0 Å². The highest BCUT2D eigenvalue weighted by atomic mass is 19.1. The van der Waals surface area contributed by atoms with Gasteiger partial charge in [0, 0.05) is 11.8 Å². The molecular weight excluding hydrogens is 226 g/mol. The van der Waals surface area contributed by atoms with Crippen molar-refractivity contribution in [3.05, 3.63) is 47.7 Å². The van der Waals surface area contributed by atoms with Gasteiger partial charge in [-0.15, -0.1) is 0 Å². The number of hydrogen-bond acceptors (Lipinski definition) is 3. The number of aromatic nitrogens is 1. The van der Waals surface area contributed by atoms with Crippen LogP contribution in [0, 0.1) is 23.0 Å². The van der Waals surface area contributed by atoms with E-state index >= 15 is 0 Å². The van der Waals surface area contributed by atoms with E-state index in [1.54, 1.807) is 6.07 Å². The Kier molecular flexibility index (Phi) is 2.71. The molecule has 1 heterocycles. The first kappa shape index (κ1) is 11.0. The van der Waals surface area contributed by atoms with Crippen molar-refractivity contribution in [3.63, 3.8) is 0 Å². The molecule has 84 valence electrons. The molecule has 2 rings (SSSR count). The summed E-state index contributed by atoms with van der Waals surface area (Å²) < 4.78 is 26.6. The maximum absolute atomic E-state index is 13.6. The van der Waals surface area contributed by atoms with E-state index in [9.17, 15) is 8.78 Å². The number of nitriles is 1. The molecule has 0 fully saturated rings. The summed E-state index contributed by atoms with van der Waals surface area (Å²) in [7, 11) is 0. The van der Waals surface area contributed by atoms with Gasteiger partial charge in [0.25, 0.3) is 0 Å². The quantitative estimate of drug-likeness (QED) is 0.822. The zero-order valence-corrected chi connectivity index (χ0v) is 8.48. The van der Waals surface area contributed by atoms with Crippen LogP contribution in [-0.4, -0.2) is 10.1 Å². The predicted molar refractivity (Wildman–Crippen MR) is 56.0 cm³/mol. The van der Waals surface area contributed by atoms with Crippen LogP contribution >= 0.6 is 0 Å². The van der Waals surface area contributed by atoms with Crippen molar-refractivity contribution in [2.75, 3.05) is 0 Å². The summed E-state index contributed by atoms with van der Waals surface area (Å²) in [5, 5.41) is 17.6. The molecule has 0 aliphatic rings. The van der Waals surface area contributed by atoms with E-state index in [0.717, 1.165) is 18.2 Å². The van der Waals surface area contributed by atoms with Crippen LogP contribution in [0.15, 0.2) is 30.5 Å². The van der Waals surface area contributed by atoms with E-state index in [-0.39, 0.29) is 16.8 Å². The van der Waals surface area contributed by atoms with Crippen molar-refractivity contribution in [2.24, 2.45) is 0 Å². The highest BCUT2D eigenvalue weighted by Gasteiger charge is 2.10. The van der Waals surface area contributed by atoms with E-state index in [1.165, 1.54) is 12.3 Å². The van der Waals surface area contributed by atoms with Gasteiger partial charge in [0.15, 0.2) is 17.4 Å². The predicted octanol–water partition coefficient (Wildman–Crippen LogP) is 2.60. The van der Waals surface area contributed by atoms with Crippen molar-refractivity contribution in [2.45, 2.75) is 0 Å². The largest absolute Gasteiger partial charge is 0.505 e. The average molecular weight is 232 g/mol. The van der Waals surface area contributed by atoms with Gasteiger partial charge in [-0.2, -0.15) is 5.26 Å². The minimum atomic E-state index is -0.854. The van der Waals surface area contributed by atoms with Gasteiger partial charge < -0.3 is 5.11 Å². The van der Waals surface area contributed by atoms with Gasteiger partial charge >= 0.3 is 0 Å². The third kappa shape index (κ3) is 2.06. The Labute approximate surface area is 95.6 Å². The molecule has 0 aliphatic heterocycles. The fourth-order valence-corrected chi connectivity index (χ4v) is 1.37. The number of rotatable bonds is 1. The number of aromatic hydroxyl groups is 1. The monoisotopic (exact) mass is 232 g/mol. The highest BCUT2D eigenvalue weighted by molar-refractivity contribution is 5.61. The van der Waals surface area contributed by atoms with Crippen LogP contribution in [0.4, 0.5) is 8.78 Å². The van der Waals surface area contributed by atoms with Crippen LogP contribution in [0.1, 0.15) is 5.56 Å². The van der Waals surface area contributed by atoms with Crippen molar-refractivity contribution < 1.29 is 13.9 Å². The maximum Gasteiger partial charge on any atom is 0.165 e. The van der Waals surface area contributed by atoms with E-state index in [1.807, 2.05) is 0 Å². The number of phenols is 1. The molecule has 0 atom stereocenters. The molecule has 0 saturated heterocycles. The smallest absolute Gasteiger partial charge is 0.165 e. The molecular formula is C12H6F2N2O. The van der Waals surface area contributed by atoms with Crippen molar-refractivity contribution in [1.29, 1.82) is 5.26 Å². The average Bonchev–Trinajstić information content (AvgIpc) is 2.32. The van der Waals surface area contributed by atoms with Crippen LogP contribution in [0.3, 0.4) is 0 Å². The SMILES string of the molecule is N#Cc1cnc(-c2ccc(O)c(F)c2)c(F)c1. The summed E-state index contributed by atoms with van der Waals surface area (Å²) in [6, 6.07) is 6.21. The van der Waals surface area contributed by atoms with Crippen LogP contribution in [0.5, 0.6) is 5.75 Å². The first-order valence-corrected chi connectivity index (χ1v) is 4.66. The highest BCUT2D eigenvalue weighted by Crippen LogP contribution is 2.25. The molecule has 0 unspecified atom stereocenters. The molecule has 2 aromatic rings. The molecule has 0 spiro atoms. The molecule has 0 aliphatic carbocycles. The fraction of sp³-hybridized carbons (Fsp3) is 0. The van der Waals surface area contributed by atoms with Gasteiger partial charge in [-0.25, -0.2) is 8.78 Å². The Bertz CT molecular complexity index is 620. The number of nitrogens with zero attached hydrogens (tertiary/aromatic N) is 2. The van der Waals surface area contributed by atoms with Crippen LogP contribution in [0.25, 0.3) is 11.3 Å². The molecule has 0 radical (unpaired) electrons. The van der Waals surface area contributed by atoms with Crippen molar-refractivity contribution >= 4 is 0 Å². The van der Waals surface area contributed by atoms with Crippen LogP contribution in [0.2, 0.25) is 0 Å². The normalized spacial score (nSPS) is 9.94. The summed E-state index contributed by atoms with van der Waals surface area (Å²) in [6.07, 6.45) is 1.20. The third-order valence-electron chi connectivity index (χ3n) is 2.19. The minimum absolute atomic E-state index is 0.0668. The lowest BCUT2D eigenvalue weighted by atomic mass is 10.1. The van der Waals surface area contributed by atoms with Gasteiger partial charge in [0.1, 0.15) is 11.8 Å². The molecule has 17 heavy (non-hydrogen) atoms. The standard InChI is InChI=1S/C12H6F2N2O/c13-9-4-8(1-2-11(9)17)12-10(14)3-7(5-15)6-16-12/h1-4,6,17H. The van der Waals surface area contributed by atoms with Gasteiger partial charge in [0.2, 0.25) is 0 Å². The second-order valence-electron chi connectivity index (χ2n) is 3.33. The summed E-state index contributed by atoms with van der Waals surface area (Å²) in [5.74, 6) is -2.08. The summed E-state index contributed by atoms with van der Waals surface area (Å²) >= 11 is 0. The third-order valence-corrected chi connectivity index (χ3v) is 2.19. The molecule has 3 nitrogen and oxygen atoms in total. The molecule has 0 saturated carbocycles. The molecule has 1 aromatic heterocycles.